The number of benzene rings is 1. The Labute approximate surface area is 79.9 Å². The molecule has 0 saturated carbocycles. The normalized spacial score (nSPS) is 10.4. The van der Waals surface area contributed by atoms with Gasteiger partial charge in [-0.25, -0.2) is 0 Å². The van der Waals surface area contributed by atoms with Crippen LogP contribution in [0.3, 0.4) is 0 Å². The van der Waals surface area contributed by atoms with Crippen molar-refractivity contribution in [3.05, 3.63) is 34.9 Å². The van der Waals surface area contributed by atoms with Crippen LogP contribution in [-0.4, -0.2) is 6.61 Å². The van der Waals surface area contributed by atoms with Gasteiger partial charge in [0.25, 0.3) is 0 Å². The standard InChI is InChI=1S/C11H17NO/c1-4-13-12-8-11-6-5-9(2)7-10(11)3/h5-7,12H,4,8H2,1-3H3. The summed E-state index contributed by atoms with van der Waals surface area (Å²) in [7, 11) is 0. The highest BCUT2D eigenvalue weighted by molar-refractivity contribution is 5.29. The van der Waals surface area contributed by atoms with Gasteiger partial charge in [0, 0.05) is 6.54 Å². The number of aryl methyl sites for hydroxylation is 2. The van der Waals surface area contributed by atoms with E-state index in [4.69, 9.17) is 4.84 Å². The second kappa shape index (κ2) is 5.00. The summed E-state index contributed by atoms with van der Waals surface area (Å²) < 4.78 is 0. The van der Waals surface area contributed by atoms with Gasteiger partial charge in [-0.2, -0.15) is 5.48 Å². The molecule has 0 heterocycles. The first kappa shape index (κ1) is 10.2. The van der Waals surface area contributed by atoms with Crippen LogP contribution in [0.1, 0.15) is 23.6 Å². The third-order valence-corrected chi connectivity index (χ3v) is 2.01. The molecule has 0 atom stereocenters. The first-order chi connectivity index (χ1) is 6.24. The zero-order valence-corrected chi connectivity index (χ0v) is 8.55. The van der Waals surface area contributed by atoms with Crippen LogP contribution < -0.4 is 5.48 Å². The van der Waals surface area contributed by atoms with Crippen LogP contribution in [0.2, 0.25) is 0 Å². The highest BCUT2D eigenvalue weighted by atomic mass is 16.6. The van der Waals surface area contributed by atoms with Crippen molar-refractivity contribution in [1.82, 2.24) is 5.48 Å². The molecular formula is C11H17NO. The Balaban J connectivity index is 2.56. The predicted molar refractivity (Wildman–Crippen MR) is 54.4 cm³/mol. The number of hydrogen-bond donors (Lipinski definition) is 1. The van der Waals surface area contributed by atoms with Crippen LogP contribution in [0, 0.1) is 13.8 Å². The molecule has 0 spiro atoms. The smallest absolute Gasteiger partial charge is 0.0654 e. The predicted octanol–water partition coefficient (Wildman–Crippen LogP) is 2.34. The number of nitrogens with one attached hydrogen (secondary N) is 1. The lowest BCUT2D eigenvalue weighted by Crippen LogP contribution is -2.14. The van der Waals surface area contributed by atoms with Gasteiger partial charge in [0.05, 0.1) is 6.61 Å². The van der Waals surface area contributed by atoms with E-state index >= 15 is 0 Å². The van der Waals surface area contributed by atoms with E-state index in [0.29, 0.717) is 6.61 Å². The van der Waals surface area contributed by atoms with Crippen molar-refractivity contribution in [2.24, 2.45) is 0 Å². The van der Waals surface area contributed by atoms with Crippen molar-refractivity contribution in [2.75, 3.05) is 6.61 Å². The third-order valence-electron chi connectivity index (χ3n) is 2.01. The van der Waals surface area contributed by atoms with Crippen molar-refractivity contribution in [1.29, 1.82) is 0 Å². The van der Waals surface area contributed by atoms with Crippen LogP contribution in [-0.2, 0) is 11.4 Å². The Kier molecular flexibility index (Phi) is 3.93. The minimum atomic E-state index is 0.699. The summed E-state index contributed by atoms with van der Waals surface area (Å²) in [5.74, 6) is 0. The Morgan fingerprint density at radius 3 is 2.69 bits per heavy atom. The van der Waals surface area contributed by atoms with Crippen molar-refractivity contribution < 1.29 is 4.84 Å². The van der Waals surface area contributed by atoms with E-state index in [1.165, 1.54) is 16.7 Å². The average Bonchev–Trinajstić information content (AvgIpc) is 2.09. The van der Waals surface area contributed by atoms with Crippen molar-refractivity contribution in [2.45, 2.75) is 27.3 Å². The van der Waals surface area contributed by atoms with E-state index in [2.05, 4.69) is 37.5 Å². The average molecular weight is 179 g/mol. The lowest BCUT2D eigenvalue weighted by molar-refractivity contribution is 0.0462. The minimum absolute atomic E-state index is 0.699. The van der Waals surface area contributed by atoms with Crippen LogP contribution in [0.15, 0.2) is 18.2 Å². The van der Waals surface area contributed by atoms with Gasteiger partial charge < -0.3 is 4.84 Å². The van der Waals surface area contributed by atoms with Gasteiger partial charge in [0.15, 0.2) is 0 Å². The minimum Gasteiger partial charge on any atom is -0.302 e. The van der Waals surface area contributed by atoms with Crippen LogP contribution in [0.5, 0.6) is 0 Å². The molecule has 1 N–H and O–H groups in total. The van der Waals surface area contributed by atoms with E-state index in [1.807, 2.05) is 6.92 Å². The molecule has 0 amide bonds. The second-order valence-corrected chi connectivity index (χ2v) is 3.18. The van der Waals surface area contributed by atoms with Crippen LogP contribution in [0.25, 0.3) is 0 Å². The topological polar surface area (TPSA) is 21.3 Å². The molecule has 0 aliphatic carbocycles. The SMILES string of the molecule is CCONCc1ccc(C)cc1C. The molecule has 0 aliphatic rings. The first-order valence-electron chi connectivity index (χ1n) is 4.65. The lowest BCUT2D eigenvalue weighted by atomic mass is 10.1. The van der Waals surface area contributed by atoms with Gasteiger partial charge in [0.2, 0.25) is 0 Å². The molecule has 0 aliphatic heterocycles. The van der Waals surface area contributed by atoms with Gasteiger partial charge in [-0.05, 0) is 31.9 Å². The largest absolute Gasteiger partial charge is 0.302 e. The molecule has 2 heteroatoms. The summed E-state index contributed by atoms with van der Waals surface area (Å²) in [5.41, 5.74) is 6.82. The lowest BCUT2D eigenvalue weighted by Gasteiger charge is -2.07. The van der Waals surface area contributed by atoms with E-state index < -0.39 is 0 Å². The summed E-state index contributed by atoms with van der Waals surface area (Å²) in [4.78, 5) is 5.07. The molecule has 0 bridgehead atoms. The summed E-state index contributed by atoms with van der Waals surface area (Å²) in [6.45, 7) is 7.67. The fourth-order valence-electron chi connectivity index (χ4n) is 1.27. The zero-order valence-electron chi connectivity index (χ0n) is 8.55. The Hall–Kier alpha value is -0.860. The summed E-state index contributed by atoms with van der Waals surface area (Å²) in [6.07, 6.45) is 0. The summed E-state index contributed by atoms with van der Waals surface area (Å²) >= 11 is 0. The Bertz CT molecular complexity index is 271. The Morgan fingerprint density at radius 2 is 2.08 bits per heavy atom. The van der Waals surface area contributed by atoms with Gasteiger partial charge >= 0.3 is 0 Å². The van der Waals surface area contributed by atoms with Crippen LogP contribution >= 0.6 is 0 Å². The van der Waals surface area contributed by atoms with E-state index in [9.17, 15) is 0 Å². The van der Waals surface area contributed by atoms with E-state index in [0.717, 1.165) is 6.54 Å². The monoisotopic (exact) mass is 179 g/mol. The number of rotatable bonds is 4. The van der Waals surface area contributed by atoms with Gasteiger partial charge in [-0.15, -0.1) is 0 Å². The molecule has 1 aromatic rings. The highest BCUT2D eigenvalue weighted by Crippen LogP contribution is 2.09. The fraction of sp³-hybridized carbons (Fsp3) is 0.455. The van der Waals surface area contributed by atoms with Gasteiger partial charge in [0.1, 0.15) is 0 Å². The van der Waals surface area contributed by atoms with Crippen molar-refractivity contribution in [3.63, 3.8) is 0 Å². The summed E-state index contributed by atoms with van der Waals surface area (Å²) in [5, 5.41) is 0. The first-order valence-corrected chi connectivity index (χ1v) is 4.65. The maximum atomic E-state index is 5.07. The van der Waals surface area contributed by atoms with Gasteiger partial charge in [-0.1, -0.05) is 23.8 Å². The molecule has 13 heavy (non-hydrogen) atoms. The summed E-state index contributed by atoms with van der Waals surface area (Å²) in [6, 6.07) is 6.44. The molecule has 72 valence electrons. The molecule has 1 aromatic carbocycles. The molecule has 0 saturated heterocycles. The second-order valence-electron chi connectivity index (χ2n) is 3.18. The highest BCUT2D eigenvalue weighted by Gasteiger charge is 1.97. The maximum Gasteiger partial charge on any atom is 0.0654 e. The number of hydroxylamine groups is 1. The maximum absolute atomic E-state index is 5.07. The molecule has 0 unspecified atom stereocenters. The molecule has 1 rings (SSSR count). The van der Waals surface area contributed by atoms with Crippen molar-refractivity contribution >= 4 is 0 Å². The molecule has 2 nitrogen and oxygen atoms in total. The quantitative estimate of drug-likeness (QED) is 0.566. The molecule has 0 radical (unpaired) electrons. The fourth-order valence-corrected chi connectivity index (χ4v) is 1.27. The van der Waals surface area contributed by atoms with Gasteiger partial charge in [-0.3, -0.25) is 0 Å². The zero-order chi connectivity index (χ0) is 9.68. The van der Waals surface area contributed by atoms with E-state index in [-0.39, 0.29) is 0 Å². The van der Waals surface area contributed by atoms with E-state index in [1.54, 1.807) is 0 Å². The third kappa shape index (κ3) is 3.17. The molecular weight excluding hydrogens is 162 g/mol. The van der Waals surface area contributed by atoms with Crippen molar-refractivity contribution in [3.8, 4) is 0 Å². The molecule has 0 aromatic heterocycles. The Morgan fingerprint density at radius 1 is 1.31 bits per heavy atom. The van der Waals surface area contributed by atoms with Crippen LogP contribution in [0.4, 0.5) is 0 Å². The number of hydrogen-bond acceptors (Lipinski definition) is 2. The molecule has 0 fully saturated rings.